The van der Waals surface area contributed by atoms with Crippen molar-refractivity contribution in [1.82, 2.24) is 9.88 Å². The van der Waals surface area contributed by atoms with E-state index in [4.69, 9.17) is 14.2 Å². The molecule has 0 bridgehead atoms. The zero-order valence-electron chi connectivity index (χ0n) is 19.1. The summed E-state index contributed by atoms with van der Waals surface area (Å²) in [5.41, 5.74) is 0.539. The first-order valence-corrected chi connectivity index (χ1v) is 10.1. The molecule has 2 heterocycles. The second-order valence-corrected chi connectivity index (χ2v) is 8.50. The number of hydrogen-bond donors (Lipinski definition) is 1. The molecule has 1 aliphatic rings. The minimum atomic E-state index is -0.844. The van der Waals surface area contributed by atoms with Gasteiger partial charge in [-0.2, -0.15) is 0 Å². The highest BCUT2D eigenvalue weighted by molar-refractivity contribution is 6.10. The minimum absolute atomic E-state index is 0.0423. The quantitative estimate of drug-likeness (QED) is 0.702. The molecule has 1 atom stereocenters. The molecule has 8 heteroatoms. The molecule has 1 N–H and O–H groups in total. The minimum Gasteiger partial charge on any atom is -0.503 e. The summed E-state index contributed by atoms with van der Waals surface area (Å²) in [6.45, 7) is 5.39. The number of pyridine rings is 1. The Balaban J connectivity index is 2.21. The SMILES string of the molecule is COc1cc(C2C(C(=O)C(C)(C)C)=C(O)C(=O)N2Cc2cccnc2)cc(OC)c1OC. The number of Topliss-reactive ketones (excluding diaryl/α,β-unsaturated/α-hetero) is 1. The molecule has 1 aliphatic heterocycles. The van der Waals surface area contributed by atoms with Gasteiger partial charge in [-0.3, -0.25) is 14.6 Å². The lowest BCUT2D eigenvalue weighted by Gasteiger charge is -2.29. The summed E-state index contributed by atoms with van der Waals surface area (Å²) >= 11 is 0. The van der Waals surface area contributed by atoms with Crippen LogP contribution in [-0.4, -0.2) is 48.0 Å². The first-order chi connectivity index (χ1) is 15.1. The first-order valence-electron chi connectivity index (χ1n) is 10.1. The molecule has 0 fully saturated rings. The third-order valence-electron chi connectivity index (χ3n) is 5.31. The van der Waals surface area contributed by atoms with Crippen molar-refractivity contribution < 1.29 is 28.9 Å². The highest BCUT2D eigenvalue weighted by atomic mass is 16.5. The van der Waals surface area contributed by atoms with Crippen molar-refractivity contribution in [3.8, 4) is 17.2 Å². The zero-order valence-corrected chi connectivity index (χ0v) is 19.1. The fourth-order valence-electron chi connectivity index (χ4n) is 3.75. The van der Waals surface area contributed by atoms with Gasteiger partial charge in [0.2, 0.25) is 5.75 Å². The molecule has 170 valence electrons. The van der Waals surface area contributed by atoms with E-state index in [-0.39, 0.29) is 17.9 Å². The normalized spacial score (nSPS) is 16.4. The third-order valence-corrected chi connectivity index (χ3v) is 5.31. The number of carbonyl (C=O) groups is 2. The first kappa shape index (κ1) is 23.1. The molecule has 2 aromatic rings. The van der Waals surface area contributed by atoms with Crippen LogP contribution in [-0.2, 0) is 16.1 Å². The lowest BCUT2D eigenvalue weighted by atomic mass is 9.82. The average molecular weight is 440 g/mol. The van der Waals surface area contributed by atoms with Crippen LogP contribution in [0, 0.1) is 5.41 Å². The van der Waals surface area contributed by atoms with Crippen LogP contribution in [0.15, 0.2) is 48.0 Å². The Bertz CT molecular complexity index is 1030. The predicted molar refractivity (Wildman–Crippen MR) is 118 cm³/mol. The highest BCUT2D eigenvalue weighted by Gasteiger charge is 2.46. The van der Waals surface area contributed by atoms with Crippen LogP contribution in [0.3, 0.4) is 0 Å². The van der Waals surface area contributed by atoms with Gasteiger partial charge in [0.05, 0.1) is 32.9 Å². The van der Waals surface area contributed by atoms with Gasteiger partial charge in [-0.25, -0.2) is 0 Å². The molecule has 1 aromatic carbocycles. The van der Waals surface area contributed by atoms with Gasteiger partial charge in [-0.05, 0) is 29.3 Å². The van der Waals surface area contributed by atoms with Gasteiger partial charge in [0.15, 0.2) is 23.0 Å². The lowest BCUT2D eigenvalue weighted by molar-refractivity contribution is -0.130. The molecule has 0 saturated heterocycles. The van der Waals surface area contributed by atoms with Gasteiger partial charge >= 0.3 is 0 Å². The smallest absolute Gasteiger partial charge is 0.290 e. The molecule has 3 rings (SSSR count). The lowest BCUT2D eigenvalue weighted by Crippen LogP contribution is -2.32. The summed E-state index contributed by atoms with van der Waals surface area (Å²) in [4.78, 5) is 32.0. The van der Waals surface area contributed by atoms with Crippen LogP contribution in [0.25, 0.3) is 0 Å². The van der Waals surface area contributed by atoms with E-state index in [2.05, 4.69) is 4.98 Å². The number of hydrogen-bond acceptors (Lipinski definition) is 7. The Labute approximate surface area is 187 Å². The van der Waals surface area contributed by atoms with Crippen molar-refractivity contribution in [2.75, 3.05) is 21.3 Å². The number of benzene rings is 1. The maximum absolute atomic E-state index is 13.3. The molecule has 1 aromatic heterocycles. The van der Waals surface area contributed by atoms with Gasteiger partial charge < -0.3 is 24.2 Å². The van der Waals surface area contributed by atoms with Crippen LogP contribution in [0.2, 0.25) is 0 Å². The fourth-order valence-corrected chi connectivity index (χ4v) is 3.75. The van der Waals surface area contributed by atoms with Crippen molar-refractivity contribution in [2.45, 2.75) is 33.4 Å². The molecule has 0 saturated carbocycles. The van der Waals surface area contributed by atoms with Crippen molar-refractivity contribution in [2.24, 2.45) is 5.41 Å². The summed E-state index contributed by atoms with van der Waals surface area (Å²) in [7, 11) is 4.47. The molecule has 32 heavy (non-hydrogen) atoms. The summed E-state index contributed by atoms with van der Waals surface area (Å²) < 4.78 is 16.3. The number of carbonyl (C=O) groups excluding carboxylic acids is 2. The molecule has 0 spiro atoms. The van der Waals surface area contributed by atoms with Crippen molar-refractivity contribution in [1.29, 1.82) is 0 Å². The summed E-state index contributed by atoms with van der Waals surface area (Å²) in [5.74, 6) is -0.350. The Kier molecular flexibility index (Phi) is 6.43. The number of methoxy groups -OCH3 is 3. The van der Waals surface area contributed by atoms with Crippen LogP contribution in [0.1, 0.15) is 37.9 Å². The van der Waals surface area contributed by atoms with E-state index in [1.165, 1.54) is 26.2 Å². The van der Waals surface area contributed by atoms with E-state index in [1.807, 2.05) is 6.07 Å². The number of rotatable bonds is 7. The number of aliphatic hydroxyl groups excluding tert-OH is 1. The van der Waals surface area contributed by atoms with Gasteiger partial charge in [0, 0.05) is 24.4 Å². The van der Waals surface area contributed by atoms with Crippen molar-refractivity contribution >= 4 is 11.7 Å². The van der Waals surface area contributed by atoms with E-state index >= 15 is 0 Å². The van der Waals surface area contributed by atoms with Crippen LogP contribution >= 0.6 is 0 Å². The molecule has 1 unspecified atom stereocenters. The van der Waals surface area contributed by atoms with Gasteiger partial charge in [0.1, 0.15) is 0 Å². The van der Waals surface area contributed by atoms with E-state index in [1.54, 1.807) is 51.4 Å². The van der Waals surface area contributed by atoms with E-state index < -0.39 is 23.1 Å². The van der Waals surface area contributed by atoms with Crippen LogP contribution < -0.4 is 14.2 Å². The zero-order chi connectivity index (χ0) is 23.6. The maximum Gasteiger partial charge on any atom is 0.290 e. The fraction of sp³-hybridized carbons (Fsp3) is 0.375. The predicted octanol–water partition coefficient (Wildman–Crippen LogP) is 3.62. The van der Waals surface area contributed by atoms with Crippen LogP contribution in [0.5, 0.6) is 17.2 Å². The maximum atomic E-state index is 13.3. The number of ether oxygens (including phenoxy) is 3. The molecule has 1 amide bonds. The molecule has 0 aliphatic carbocycles. The average Bonchev–Trinajstić information content (AvgIpc) is 3.02. The number of aromatic nitrogens is 1. The second-order valence-electron chi connectivity index (χ2n) is 8.50. The number of nitrogens with zero attached hydrogens (tertiary/aromatic N) is 2. The topological polar surface area (TPSA) is 98.2 Å². The number of ketones is 1. The van der Waals surface area contributed by atoms with Gasteiger partial charge in [-0.1, -0.05) is 26.8 Å². The summed E-state index contributed by atoms with van der Waals surface area (Å²) in [5, 5.41) is 10.8. The molecule has 8 nitrogen and oxygen atoms in total. The Morgan fingerprint density at radius 2 is 1.75 bits per heavy atom. The number of aliphatic hydroxyl groups is 1. The largest absolute Gasteiger partial charge is 0.503 e. The van der Waals surface area contributed by atoms with E-state index in [9.17, 15) is 14.7 Å². The highest BCUT2D eigenvalue weighted by Crippen LogP contribution is 2.46. The molecular formula is C24H28N2O6. The number of amides is 1. The van der Waals surface area contributed by atoms with E-state index in [0.29, 0.717) is 22.8 Å². The van der Waals surface area contributed by atoms with Crippen LogP contribution in [0.4, 0.5) is 0 Å². The molecular weight excluding hydrogens is 412 g/mol. The van der Waals surface area contributed by atoms with Crippen molar-refractivity contribution in [3.63, 3.8) is 0 Å². The van der Waals surface area contributed by atoms with E-state index in [0.717, 1.165) is 5.56 Å². The Hall–Kier alpha value is -3.55. The van der Waals surface area contributed by atoms with Gasteiger partial charge in [-0.15, -0.1) is 0 Å². The van der Waals surface area contributed by atoms with Crippen molar-refractivity contribution in [3.05, 3.63) is 59.1 Å². The third kappa shape index (κ3) is 4.12. The Morgan fingerprint density at radius 3 is 2.22 bits per heavy atom. The summed E-state index contributed by atoms with van der Waals surface area (Å²) in [6, 6.07) is 6.11. The monoisotopic (exact) mass is 440 g/mol. The second kappa shape index (κ2) is 8.90. The van der Waals surface area contributed by atoms with Gasteiger partial charge in [0.25, 0.3) is 5.91 Å². The standard InChI is InChI=1S/C24H28N2O6/c1-24(2,3)22(28)18-19(15-10-16(30-4)21(32-6)17(11-15)31-5)26(23(29)20(18)27)13-14-8-7-9-25-12-14/h7-12,19,27H,13H2,1-6H3. The summed E-state index contributed by atoms with van der Waals surface area (Å²) in [6.07, 6.45) is 3.27. The molecule has 0 radical (unpaired) electrons. The Morgan fingerprint density at radius 1 is 1.12 bits per heavy atom.